The van der Waals surface area contributed by atoms with Crippen LogP contribution in [0.3, 0.4) is 0 Å². The summed E-state index contributed by atoms with van der Waals surface area (Å²) >= 11 is 0. The van der Waals surface area contributed by atoms with Crippen LogP contribution in [0.15, 0.2) is 0 Å². The van der Waals surface area contributed by atoms with Crippen molar-refractivity contribution in [1.29, 1.82) is 5.26 Å². The van der Waals surface area contributed by atoms with E-state index in [-0.39, 0.29) is 5.91 Å². The molecule has 0 aliphatic heterocycles. The predicted octanol–water partition coefficient (Wildman–Crippen LogP) is 3.16. The number of carbonyl (C=O) groups excluding carboxylic acids is 1. The lowest BCUT2D eigenvalue weighted by atomic mass is 9.95. The Labute approximate surface area is 105 Å². The largest absolute Gasteiger partial charge is 0.352 e. The van der Waals surface area contributed by atoms with Crippen molar-refractivity contribution in [2.24, 2.45) is 5.92 Å². The summed E-state index contributed by atoms with van der Waals surface area (Å²) < 4.78 is 0. The van der Waals surface area contributed by atoms with Gasteiger partial charge in [0.05, 0.1) is 6.07 Å². The van der Waals surface area contributed by atoms with Crippen LogP contribution >= 0.6 is 0 Å². The molecule has 1 amide bonds. The van der Waals surface area contributed by atoms with Crippen LogP contribution in [0, 0.1) is 17.2 Å². The Morgan fingerprint density at radius 3 is 2.41 bits per heavy atom. The maximum absolute atomic E-state index is 11.9. The summed E-state index contributed by atoms with van der Waals surface area (Å²) in [5, 5.41) is 12.0. The maximum Gasteiger partial charge on any atom is 0.237 e. The topological polar surface area (TPSA) is 52.9 Å². The van der Waals surface area contributed by atoms with Crippen LogP contribution in [-0.4, -0.2) is 11.9 Å². The normalized spacial score (nSPS) is 19.8. The maximum atomic E-state index is 11.9. The highest BCUT2D eigenvalue weighted by atomic mass is 16.1. The summed E-state index contributed by atoms with van der Waals surface area (Å²) in [4.78, 5) is 11.9. The Balaban J connectivity index is 2.39. The lowest BCUT2D eigenvalue weighted by molar-refractivity contribution is -0.124. The van der Waals surface area contributed by atoms with Crippen molar-refractivity contribution in [2.75, 3.05) is 0 Å². The Hall–Kier alpha value is -1.04. The van der Waals surface area contributed by atoms with E-state index in [9.17, 15) is 4.79 Å². The van der Waals surface area contributed by atoms with Gasteiger partial charge < -0.3 is 5.32 Å². The van der Waals surface area contributed by atoms with Crippen molar-refractivity contribution in [2.45, 2.75) is 70.8 Å². The molecule has 0 aromatic rings. The Morgan fingerprint density at radius 2 is 1.88 bits per heavy atom. The summed E-state index contributed by atoms with van der Waals surface area (Å²) in [6, 6.07) is 2.41. The molecule has 3 nitrogen and oxygen atoms in total. The van der Waals surface area contributed by atoms with Gasteiger partial charge in [0, 0.05) is 6.04 Å². The molecule has 0 spiro atoms. The number of hydrogen-bond donors (Lipinski definition) is 1. The third kappa shape index (κ3) is 5.21. The van der Waals surface area contributed by atoms with Gasteiger partial charge in [-0.1, -0.05) is 45.4 Å². The van der Waals surface area contributed by atoms with E-state index in [1.165, 1.54) is 32.1 Å². The Bertz CT molecular complexity index is 262. The Morgan fingerprint density at radius 1 is 1.29 bits per heavy atom. The second kappa shape index (κ2) is 8.11. The van der Waals surface area contributed by atoms with E-state index in [1.807, 2.05) is 6.92 Å². The van der Waals surface area contributed by atoms with E-state index in [1.54, 1.807) is 0 Å². The number of carbonyl (C=O) groups is 1. The lowest BCUT2D eigenvalue weighted by Gasteiger charge is -2.22. The van der Waals surface area contributed by atoms with Crippen LogP contribution in [0.25, 0.3) is 0 Å². The third-order valence-electron chi connectivity index (χ3n) is 3.50. The fourth-order valence-electron chi connectivity index (χ4n) is 2.45. The van der Waals surface area contributed by atoms with Crippen LogP contribution in [0.2, 0.25) is 0 Å². The molecule has 1 rings (SSSR count). The average molecular weight is 236 g/mol. The zero-order chi connectivity index (χ0) is 12.5. The first-order chi connectivity index (χ1) is 8.27. The van der Waals surface area contributed by atoms with Crippen molar-refractivity contribution < 1.29 is 4.79 Å². The molecule has 0 heterocycles. The molecule has 17 heavy (non-hydrogen) atoms. The number of rotatable bonds is 4. The predicted molar refractivity (Wildman–Crippen MR) is 68.3 cm³/mol. The lowest BCUT2D eigenvalue weighted by Crippen LogP contribution is -2.38. The second-order valence-electron chi connectivity index (χ2n) is 5.02. The summed E-state index contributed by atoms with van der Waals surface area (Å²) in [6.45, 7) is 2.01. The van der Waals surface area contributed by atoms with Crippen molar-refractivity contribution >= 4 is 5.91 Å². The Kier molecular flexibility index (Phi) is 6.69. The molecular weight excluding hydrogens is 212 g/mol. The fraction of sp³-hybridized carbons (Fsp3) is 0.857. The van der Waals surface area contributed by atoms with E-state index in [0.717, 1.165) is 19.3 Å². The molecule has 0 aromatic carbocycles. The van der Waals surface area contributed by atoms with Crippen molar-refractivity contribution in [3.8, 4) is 6.07 Å². The first-order valence-electron chi connectivity index (χ1n) is 6.98. The summed E-state index contributed by atoms with van der Waals surface area (Å²) in [5.41, 5.74) is 0. The molecule has 0 saturated heterocycles. The zero-order valence-corrected chi connectivity index (χ0v) is 10.9. The van der Waals surface area contributed by atoms with Crippen LogP contribution in [-0.2, 0) is 4.79 Å². The quantitative estimate of drug-likeness (QED) is 0.815. The number of nitrogens with zero attached hydrogens (tertiary/aromatic N) is 1. The van der Waals surface area contributed by atoms with Gasteiger partial charge in [-0.3, -0.25) is 4.79 Å². The molecular formula is C14H24N2O. The van der Waals surface area contributed by atoms with Crippen LogP contribution in [0.4, 0.5) is 0 Å². The first kappa shape index (κ1) is 14.0. The molecule has 1 aliphatic rings. The van der Waals surface area contributed by atoms with Crippen LogP contribution in [0.1, 0.15) is 64.7 Å². The SMILES string of the molecule is CCCC(C#N)C(=O)NC1CCCCCCC1. The van der Waals surface area contributed by atoms with E-state index in [0.29, 0.717) is 12.5 Å². The summed E-state index contributed by atoms with van der Waals surface area (Å²) in [7, 11) is 0. The smallest absolute Gasteiger partial charge is 0.237 e. The molecule has 0 radical (unpaired) electrons. The van der Waals surface area contributed by atoms with Gasteiger partial charge in [0.2, 0.25) is 5.91 Å². The monoisotopic (exact) mass is 236 g/mol. The van der Waals surface area contributed by atoms with Crippen molar-refractivity contribution in [3.05, 3.63) is 0 Å². The van der Waals surface area contributed by atoms with Gasteiger partial charge in [-0.25, -0.2) is 0 Å². The second-order valence-corrected chi connectivity index (χ2v) is 5.02. The van der Waals surface area contributed by atoms with E-state index >= 15 is 0 Å². The molecule has 3 heteroatoms. The van der Waals surface area contributed by atoms with Gasteiger partial charge in [0.15, 0.2) is 0 Å². The standard InChI is InChI=1S/C14H24N2O/c1-2-8-12(11-15)14(17)16-13-9-6-4-3-5-7-10-13/h12-13H,2-10H2,1H3,(H,16,17). The average Bonchev–Trinajstić information content (AvgIpc) is 2.29. The first-order valence-corrected chi connectivity index (χ1v) is 6.98. The number of amides is 1. The molecule has 1 N–H and O–H groups in total. The number of nitrogens with one attached hydrogen (secondary N) is 1. The zero-order valence-electron chi connectivity index (χ0n) is 10.9. The van der Waals surface area contributed by atoms with Gasteiger partial charge in [-0.2, -0.15) is 5.26 Å². The minimum Gasteiger partial charge on any atom is -0.352 e. The molecule has 0 bridgehead atoms. The molecule has 1 fully saturated rings. The van der Waals surface area contributed by atoms with E-state index in [2.05, 4.69) is 11.4 Å². The molecule has 1 atom stereocenters. The van der Waals surface area contributed by atoms with Gasteiger partial charge in [-0.05, 0) is 19.3 Å². The van der Waals surface area contributed by atoms with Gasteiger partial charge >= 0.3 is 0 Å². The van der Waals surface area contributed by atoms with Crippen LogP contribution in [0.5, 0.6) is 0 Å². The molecule has 1 aliphatic carbocycles. The number of hydrogen-bond acceptors (Lipinski definition) is 2. The van der Waals surface area contributed by atoms with E-state index in [4.69, 9.17) is 5.26 Å². The highest BCUT2D eigenvalue weighted by molar-refractivity contribution is 5.81. The molecule has 1 saturated carbocycles. The van der Waals surface area contributed by atoms with Gasteiger partial charge in [0.25, 0.3) is 0 Å². The fourth-order valence-corrected chi connectivity index (χ4v) is 2.45. The highest BCUT2D eigenvalue weighted by Crippen LogP contribution is 2.17. The van der Waals surface area contributed by atoms with Gasteiger partial charge in [0.1, 0.15) is 5.92 Å². The minimum atomic E-state index is -0.453. The van der Waals surface area contributed by atoms with Crippen molar-refractivity contribution in [3.63, 3.8) is 0 Å². The molecule has 1 unspecified atom stereocenters. The molecule has 0 aromatic heterocycles. The summed E-state index contributed by atoms with van der Waals surface area (Å²) in [5.74, 6) is -0.509. The molecule has 96 valence electrons. The van der Waals surface area contributed by atoms with E-state index < -0.39 is 5.92 Å². The van der Waals surface area contributed by atoms with Gasteiger partial charge in [-0.15, -0.1) is 0 Å². The van der Waals surface area contributed by atoms with Crippen molar-refractivity contribution in [1.82, 2.24) is 5.32 Å². The third-order valence-corrected chi connectivity index (χ3v) is 3.50. The van der Waals surface area contributed by atoms with Crippen LogP contribution < -0.4 is 5.32 Å². The number of nitriles is 1. The minimum absolute atomic E-state index is 0.0556. The summed E-state index contributed by atoms with van der Waals surface area (Å²) in [6.07, 6.45) is 10.0. The highest BCUT2D eigenvalue weighted by Gasteiger charge is 2.20.